The maximum Gasteiger partial charge on any atom is 0.336 e. The van der Waals surface area contributed by atoms with Crippen LogP contribution < -0.4 is 10.4 Å². The van der Waals surface area contributed by atoms with E-state index in [2.05, 4.69) is 4.98 Å². The summed E-state index contributed by atoms with van der Waals surface area (Å²) in [5.74, 6) is 0.695. The molecule has 0 saturated heterocycles. The first-order chi connectivity index (χ1) is 12.6. The van der Waals surface area contributed by atoms with Crippen LogP contribution in [0.3, 0.4) is 0 Å². The molecule has 0 N–H and O–H groups in total. The van der Waals surface area contributed by atoms with Crippen molar-refractivity contribution in [2.24, 2.45) is 0 Å². The highest BCUT2D eigenvalue weighted by atomic mass is 32.1. The van der Waals surface area contributed by atoms with E-state index >= 15 is 0 Å². The first kappa shape index (κ1) is 16.5. The smallest absolute Gasteiger partial charge is 0.336 e. The van der Waals surface area contributed by atoms with Crippen molar-refractivity contribution in [3.05, 3.63) is 81.2 Å². The summed E-state index contributed by atoms with van der Waals surface area (Å²) >= 11 is 1.60. The summed E-state index contributed by atoms with van der Waals surface area (Å²) in [6, 6.07) is 15.4. The fourth-order valence-electron chi connectivity index (χ4n) is 2.89. The molecular formula is C21H17NO3S. The van der Waals surface area contributed by atoms with Gasteiger partial charge in [0, 0.05) is 28.0 Å². The Bertz CT molecular complexity index is 1130. The minimum absolute atomic E-state index is 0.345. The number of ether oxygens (including phenoxy) is 1. The Balaban J connectivity index is 1.58. The standard InChI is InChI=1S/C21H17NO3S/c1-13-10-19(23)25-20-14(2)18(9-8-17(13)20)24-11-16-12-26-21(22-16)15-6-4-3-5-7-15/h3-10,12H,11H2,1-2H3. The Labute approximate surface area is 154 Å². The number of hydrogen-bond donors (Lipinski definition) is 0. The summed E-state index contributed by atoms with van der Waals surface area (Å²) in [5, 5.41) is 3.90. The topological polar surface area (TPSA) is 52.3 Å². The van der Waals surface area contributed by atoms with Gasteiger partial charge in [-0.15, -0.1) is 11.3 Å². The third-order valence-electron chi connectivity index (χ3n) is 4.27. The third-order valence-corrected chi connectivity index (χ3v) is 5.21. The van der Waals surface area contributed by atoms with Gasteiger partial charge in [-0.1, -0.05) is 30.3 Å². The maximum atomic E-state index is 11.7. The van der Waals surface area contributed by atoms with Gasteiger partial charge in [0.1, 0.15) is 22.9 Å². The molecule has 0 unspecified atom stereocenters. The van der Waals surface area contributed by atoms with Gasteiger partial charge >= 0.3 is 5.63 Å². The van der Waals surface area contributed by atoms with E-state index < -0.39 is 0 Å². The van der Waals surface area contributed by atoms with Crippen LogP contribution in [-0.4, -0.2) is 4.98 Å². The molecule has 0 spiro atoms. The molecule has 5 heteroatoms. The van der Waals surface area contributed by atoms with Gasteiger partial charge in [0.2, 0.25) is 0 Å². The van der Waals surface area contributed by atoms with Gasteiger partial charge in [-0.25, -0.2) is 9.78 Å². The van der Waals surface area contributed by atoms with Crippen molar-refractivity contribution < 1.29 is 9.15 Å². The Kier molecular flexibility index (Phi) is 4.31. The van der Waals surface area contributed by atoms with E-state index in [9.17, 15) is 4.79 Å². The fraction of sp³-hybridized carbons (Fsp3) is 0.143. The van der Waals surface area contributed by atoms with Crippen molar-refractivity contribution in [2.45, 2.75) is 20.5 Å². The lowest BCUT2D eigenvalue weighted by Crippen LogP contribution is -2.01. The highest BCUT2D eigenvalue weighted by Crippen LogP contribution is 2.29. The average Bonchev–Trinajstić information content (AvgIpc) is 3.11. The number of nitrogens with zero attached hydrogens (tertiary/aromatic N) is 1. The van der Waals surface area contributed by atoms with Gasteiger partial charge in [-0.3, -0.25) is 0 Å². The molecule has 2 aromatic heterocycles. The summed E-state index contributed by atoms with van der Waals surface area (Å²) in [7, 11) is 0. The van der Waals surface area contributed by atoms with E-state index in [4.69, 9.17) is 9.15 Å². The van der Waals surface area contributed by atoms with E-state index in [0.717, 1.165) is 32.8 Å². The number of aryl methyl sites for hydroxylation is 2. The van der Waals surface area contributed by atoms with Crippen molar-refractivity contribution in [1.82, 2.24) is 4.98 Å². The molecule has 0 aliphatic carbocycles. The first-order valence-electron chi connectivity index (χ1n) is 8.28. The zero-order valence-corrected chi connectivity index (χ0v) is 15.3. The zero-order valence-electron chi connectivity index (χ0n) is 14.5. The highest BCUT2D eigenvalue weighted by Gasteiger charge is 2.11. The Morgan fingerprint density at radius 2 is 1.92 bits per heavy atom. The molecule has 4 aromatic rings. The molecule has 4 nitrogen and oxygen atoms in total. The lowest BCUT2D eigenvalue weighted by molar-refractivity contribution is 0.300. The minimum Gasteiger partial charge on any atom is -0.487 e. The van der Waals surface area contributed by atoms with Crippen LogP contribution in [0.15, 0.2) is 63.1 Å². The molecule has 2 heterocycles. The van der Waals surface area contributed by atoms with Crippen LogP contribution in [0, 0.1) is 13.8 Å². The Morgan fingerprint density at radius 1 is 1.12 bits per heavy atom. The fourth-order valence-corrected chi connectivity index (χ4v) is 3.71. The monoisotopic (exact) mass is 363 g/mol. The van der Waals surface area contributed by atoms with Gasteiger partial charge in [0.15, 0.2) is 0 Å². The highest BCUT2D eigenvalue weighted by molar-refractivity contribution is 7.13. The number of rotatable bonds is 4. The van der Waals surface area contributed by atoms with E-state index in [0.29, 0.717) is 17.9 Å². The predicted molar refractivity (Wildman–Crippen MR) is 104 cm³/mol. The van der Waals surface area contributed by atoms with Gasteiger partial charge in [-0.05, 0) is 31.5 Å². The molecule has 0 fully saturated rings. The molecule has 0 amide bonds. The Morgan fingerprint density at radius 3 is 2.73 bits per heavy atom. The van der Waals surface area contributed by atoms with Crippen LogP contribution in [0.1, 0.15) is 16.8 Å². The van der Waals surface area contributed by atoms with E-state index in [-0.39, 0.29) is 5.63 Å². The second-order valence-electron chi connectivity index (χ2n) is 6.11. The van der Waals surface area contributed by atoms with Crippen LogP contribution >= 0.6 is 11.3 Å². The van der Waals surface area contributed by atoms with E-state index in [1.54, 1.807) is 11.3 Å². The number of thiazole rings is 1. The molecule has 0 aliphatic heterocycles. The predicted octanol–water partition coefficient (Wildman–Crippen LogP) is 5.11. The molecule has 0 bridgehead atoms. The molecule has 2 aromatic carbocycles. The van der Waals surface area contributed by atoms with Crippen LogP contribution in [0.4, 0.5) is 0 Å². The molecule has 130 valence electrons. The van der Waals surface area contributed by atoms with Crippen LogP contribution in [0.5, 0.6) is 5.75 Å². The molecular weight excluding hydrogens is 346 g/mol. The van der Waals surface area contributed by atoms with Gasteiger partial charge < -0.3 is 9.15 Å². The summed E-state index contributed by atoms with van der Waals surface area (Å²) in [6.07, 6.45) is 0. The molecule has 0 atom stereocenters. The van der Waals surface area contributed by atoms with Crippen molar-refractivity contribution in [3.8, 4) is 16.3 Å². The summed E-state index contributed by atoms with van der Waals surface area (Å²) < 4.78 is 11.3. The van der Waals surface area contributed by atoms with Gasteiger partial charge in [0.25, 0.3) is 0 Å². The van der Waals surface area contributed by atoms with Gasteiger partial charge in [-0.2, -0.15) is 0 Å². The number of benzene rings is 2. The number of hydrogen-bond acceptors (Lipinski definition) is 5. The van der Waals surface area contributed by atoms with E-state index in [1.807, 2.05) is 61.7 Å². The SMILES string of the molecule is Cc1cc(=O)oc2c(C)c(OCc3csc(-c4ccccc4)n3)ccc12. The van der Waals surface area contributed by atoms with Crippen molar-refractivity contribution in [3.63, 3.8) is 0 Å². The number of aromatic nitrogens is 1. The lowest BCUT2D eigenvalue weighted by atomic mass is 10.1. The van der Waals surface area contributed by atoms with Gasteiger partial charge in [0.05, 0.1) is 5.69 Å². The average molecular weight is 363 g/mol. The van der Waals surface area contributed by atoms with Crippen molar-refractivity contribution in [1.29, 1.82) is 0 Å². The second-order valence-corrected chi connectivity index (χ2v) is 6.97. The molecule has 26 heavy (non-hydrogen) atoms. The van der Waals surface area contributed by atoms with E-state index in [1.165, 1.54) is 6.07 Å². The number of fused-ring (bicyclic) bond motifs is 1. The molecule has 4 rings (SSSR count). The summed E-state index contributed by atoms with van der Waals surface area (Å²) in [5.41, 5.74) is 3.93. The van der Waals surface area contributed by atoms with Crippen molar-refractivity contribution >= 4 is 22.3 Å². The van der Waals surface area contributed by atoms with Crippen molar-refractivity contribution in [2.75, 3.05) is 0 Å². The zero-order chi connectivity index (χ0) is 18.1. The quantitative estimate of drug-likeness (QED) is 0.473. The summed E-state index contributed by atoms with van der Waals surface area (Å²) in [4.78, 5) is 16.3. The summed E-state index contributed by atoms with van der Waals surface area (Å²) in [6.45, 7) is 4.17. The normalized spacial score (nSPS) is 11.0. The first-order valence-corrected chi connectivity index (χ1v) is 9.16. The lowest BCUT2D eigenvalue weighted by Gasteiger charge is -2.10. The van der Waals surface area contributed by atoms with Crippen LogP contribution in [0.25, 0.3) is 21.5 Å². The molecule has 0 radical (unpaired) electrons. The molecule has 0 saturated carbocycles. The third kappa shape index (κ3) is 3.13. The van der Waals surface area contributed by atoms with Crippen LogP contribution in [0.2, 0.25) is 0 Å². The minimum atomic E-state index is -0.345. The van der Waals surface area contributed by atoms with Crippen LogP contribution in [-0.2, 0) is 6.61 Å². The second kappa shape index (κ2) is 6.77. The largest absolute Gasteiger partial charge is 0.487 e. The molecule has 0 aliphatic rings. The maximum absolute atomic E-state index is 11.7. The Hall–Kier alpha value is -2.92.